The number of aromatic nitrogens is 4. The summed E-state index contributed by atoms with van der Waals surface area (Å²) >= 11 is 1.52. The maximum atomic E-state index is 4.50. The summed E-state index contributed by atoms with van der Waals surface area (Å²) in [7, 11) is 1.95. The van der Waals surface area contributed by atoms with E-state index in [1.807, 2.05) is 17.9 Å². The van der Waals surface area contributed by atoms with Gasteiger partial charge in [0.2, 0.25) is 0 Å². The first-order chi connectivity index (χ1) is 8.61. The molecule has 0 saturated carbocycles. The van der Waals surface area contributed by atoms with E-state index in [0.717, 1.165) is 28.7 Å². The van der Waals surface area contributed by atoms with Gasteiger partial charge in [0.1, 0.15) is 5.52 Å². The maximum absolute atomic E-state index is 4.50. The summed E-state index contributed by atoms with van der Waals surface area (Å²) < 4.78 is 1.93. The fourth-order valence-electron chi connectivity index (χ4n) is 1.60. The Morgan fingerprint density at radius 2 is 2.22 bits per heavy atom. The van der Waals surface area contributed by atoms with Gasteiger partial charge in [-0.2, -0.15) is 0 Å². The molecule has 0 aliphatic rings. The molecule has 0 fully saturated rings. The third kappa shape index (κ3) is 2.64. The molecule has 0 aliphatic heterocycles. The lowest BCUT2D eigenvalue weighted by Crippen LogP contribution is -2.05. The van der Waals surface area contributed by atoms with Gasteiger partial charge in [0.25, 0.3) is 0 Å². The van der Waals surface area contributed by atoms with Crippen LogP contribution in [0.25, 0.3) is 11.2 Å². The summed E-state index contributed by atoms with van der Waals surface area (Å²) in [6.07, 6.45) is 5.85. The highest BCUT2D eigenvalue weighted by molar-refractivity contribution is 7.98. The minimum absolute atomic E-state index is 0.733. The Kier molecular flexibility index (Phi) is 3.86. The number of anilines is 1. The van der Waals surface area contributed by atoms with Gasteiger partial charge >= 0.3 is 0 Å². The van der Waals surface area contributed by atoms with Gasteiger partial charge in [0.05, 0.1) is 6.33 Å². The zero-order valence-electron chi connectivity index (χ0n) is 11.1. The summed E-state index contributed by atoms with van der Waals surface area (Å²) in [5.74, 6) is 0.835. The van der Waals surface area contributed by atoms with Crippen molar-refractivity contribution in [1.29, 1.82) is 0 Å². The van der Waals surface area contributed by atoms with Gasteiger partial charge in [-0.1, -0.05) is 23.4 Å². The van der Waals surface area contributed by atoms with Crippen molar-refractivity contribution in [3.05, 3.63) is 18.0 Å². The van der Waals surface area contributed by atoms with Crippen LogP contribution in [0.2, 0.25) is 0 Å². The van der Waals surface area contributed by atoms with Crippen LogP contribution in [-0.2, 0) is 7.05 Å². The number of rotatable bonds is 4. The van der Waals surface area contributed by atoms with E-state index in [2.05, 4.69) is 40.2 Å². The van der Waals surface area contributed by atoms with Crippen LogP contribution in [0, 0.1) is 0 Å². The molecule has 96 valence electrons. The lowest BCUT2D eigenvalue weighted by atomic mass is 10.3. The first-order valence-corrected chi connectivity index (χ1v) is 6.94. The fourth-order valence-corrected chi connectivity index (χ4v) is 1.96. The van der Waals surface area contributed by atoms with Crippen molar-refractivity contribution in [3.63, 3.8) is 0 Å². The molecular formula is C12H17N5S. The standard InChI is InChI=1S/C12H17N5S/c1-8(2)5-6-13-10-9-11(14-7-17(9)3)16-12(15-10)18-4/h5,7H,6H2,1-4H3,(H,13,15,16). The summed E-state index contributed by atoms with van der Waals surface area (Å²) in [5.41, 5.74) is 2.95. The average molecular weight is 263 g/mol. The molecule has 18 heavy (non-hydrogen) atoms. The Morgan fingerprint density at radius 1 is 1.44 bits per heavy atom. The Labute approximate surface area is 111 Å². The van der Waals surface area contributed by atoms with Crippen molar-refractivity contribution in [2.75, 3.05) is 18.1 Å². The molecule has 2 aromatic heterocycles. The number of imidazole rings is 1. The number of nitrogens with one attached hydrogen (secondary N) is 1. The number of nitrogens with zero attached hydrogens (tertiary/aromatic N) is 4. The predicted octanol–water partition coefficient (Wildman–Crippen LogP) is 2.46. The van der Waals surface area contributed by atoms with Crippen molar-refractivity contribution in [2.45, 2.75) is 19.0 Å². The Morgan fingerprint density at radius 3 is 2.89 bits per heavy atom. The first kappa shape index (κ1) is 12.9. The lowest BCUT2D eigenvalue weighted by molar-refractivity contribution is 0.935. The molecule has 2 rings (SSSR count). The molecule has 2 heterocycles. The molecule has 5 nitrogen and oxygen atoms in total. The van der Waals surface area contributed by atoms with Gasteiger partial charge in [0, 0.05) is 13.6 Å². The Balaban J connectivity index is 2.39. The van der Waals surface area contributed by atoms with Crippen LogP contribution in [0.5, 0.6) is 0 Å². The predicted molar refractivity (Wildman–Crippen MR) is 76.0 cm³/mol. The highest BCUT2D eigenvalue weighted by Crippen LogP contribution is 2.22. The number of fused-ring (bicyclic) bond motifs is 1. The van der Waals surface area contributed by atoms with Gasteiger partial charge in [-0.15, -0.1) is 0 Å². The molecule has 2 aromatic rings. The lowest BCUT2D eigenvalue weighted by Gasteiger charge is -2.07. The van der Waals surface area contributed by atoms with E-state index in [4.69, 9.17) is 0 Å². The van der Waals surface area contributed by atoms with Crippen molar-refractivity contribution in [3.8, 4) is 0 Å². The highest BCUT2D eigenvalue weighted by atomic mass is 32.2. The van der Waals surface area contributed by atoms with E-state index in [1.54, 1.807) is 6.33 Å². The largest absolute Gasteiger partial charge is 0.365 e. The zero-order valence-corrected chi connectivity index (χ0v) is 11.9. The molecule has 0 radical (unpaired) electrons. The molecule has 0 spiro atoms. The average Bonchev–Trinajstić information content (AvgIpc) is 2.70. The minimum Gasteiger partial charge on any atom is -0.365 e. The molecule has 0 saturated heterocycles. The number of hydrogen-bond acceptors (Lipinski definition) is 5. The van der Waals surface area contributed by atoms with E-state index >= 15 is 0 Å². The molecule has 0 bridgehead atoms. The van der Waals surface area contributed by atoms with Crippen molar-refractivity contribution >= 4 is 28.7 Å². The highest BCUT2D eigenvalue weighted by Gasteiger charge is 2.10. The number of allylic oxidation sites excluding steroid dienone is 1. The van der Waals surface area contributed by atoms with E-state index in [-0.39, 0.29) is 0 Å². The number of thioether (sulfide) groups is 1. The van der Waals surface area contributed by atoms with Gasteiger partial charge in [-0.3, -0.25) is 0 Å². The molecular weight excluding hydrogens is 246 g/mol. The molecule has 6 heteroatoms. The maximum Gasteiger partial charge on any atom is 0.191 e. The minimum atomic E-state index is 0.733. The molecule has 0 amide bonds. The van der Waals surface area contributed by atoms with E-state index in [1.165, 1.54) is 17.3 Å². The second-order valence-electron chi connectivity index (χ2n) is 4.25. The van der Waals surface area contributed by atoms with E-state index < -0.39 is 0 Å². The SMILES string of the molecule is CSc1nc(NCC=C(C)C)c2c(ncn2C)n1. The zero-order chi connectivity index (χ0) is 13.1. The van der Waals surface area contributed by atoms with Gasteiger partial charge in [-0.05, 0) is 20.1 Å². The second-order valence-corrected chi connectivity index (χ2v) is 5.02. The van der Waals surface area contributed by atoms with Crippen molar-refractivity contribution < 1.29 is 0 Å². The number of hydrogen-bond donors (Lipinski definition) is 1. The monoisotopic (exact) mass is 263 g/mol. The fraction of sp³-hybridized carbons (Fsp3) is 0.417. The van der Waals surface area contributed by atoms with Crippen LogP contribution in [-0.4, -0.2) is 32.3 Å². The number of aryl methyl sites for hydroxylation is 1. The first-order valence-electron chi connectivity index (χ1n) is 5.72. The van der Waals surface area contributed by atoms with Crippen LogP contribution >= 0.6 is 11.8 Å². The molecule has 0 atom stereocenters. The Hall–Kier alpha value is -1.56. The topological polar surface area (TPSA) is 55.6 Å². The van der Waals surface area contributed by atoms with Gasteiger partial charge in [0.15, 0.2) is 16.6 Å². The molecule has 1 N–H and O–H groups in total. The smallest absolute Gasteiger partial charge is 0.191 e. The summed E-state index contributed by atoms with van der Waals surface area (Å²) in [4.78, 5) is 13.2. The Bertz CT molecular complexity index is 583. The summed E-state index contributed by atoms with van der Waals surface area (Å²) in [5, 5.41) is 4.06. The van der Waals surface area contributed by atoms with Crippen LogP contribution in [0.3, 0.4) is 0 Å². The molecule has 0 aliphatic carbocycles. The van der Waals surface area contributed by atoms with E-state index in [0.29, 0.717) is 0 Å². The van der Waals surface area contributed by atoms with Crippen LogP contribution in [0.15, 0.2) is 23.1 Å². The van der Waals surface area contributed by atoms with Gasteiger partial charge < -0.3 is 9.88 Å². The molecule has 0 unspecified atom stereocenters. The van der Waals surface area contributed by atoms with Crippen LogP contribution in [0.1, 0.15) is 13.8 Å². The van der Waals surface area contributed by atoms with Crippen LogP contribution in [0.4, 0.5) is 5.82 Å². The summed E-state index contributed by atoms with van der Waals surface area (Å²) in [6.45, 7) is 4.91. The third-order valence-electron chi connectivity index (χ3n) is 2.51. The van der Waals surface area contributed by atoms with Crippen LogP contribution < -0.4 is 5.32 Å². The van der Waals surface area contributed by atoms with Crippen molar-refractivity contribution in [1.82, 2.24) is 19.5 Å². The second kappa shape index (κ2) is 5.39. The third-order valence-corrected chi connectivity index (χ3v) is 3.06. The molecule has 0 aromatic carbocycles. The summed E-state index contributed by atoms with van der Waals surface area (Å²) in [6, 6.07) is 0. The van der Waals surface area contributed by atoms with Crippen molar-refractivity contribution in [2.24, 2.45) is 7.05 Å². The quantitative estimate of drug-likeness (QED) is 0.522. The van der Waals surface area contributed by atoms with Gasteiger partial charge in [-0.25, -0.2) is 15.0 Å². The normalized spacial score (nSPS) is 10.7. The van der Waals surface area contributed by atoms with E-state index in [9.17, 15) is 0 Å².